The van der Waals surface area contributed by atoms with E-state index in [1.165, 1.54) is 11.8 Å². The zero-order chi connectivity index (χ0) is 44.2. The number of carbonyl (C=O) groups excluding carboxylic acids is 3. The molecule has 0 aromatic rings. The van der Waals surface area contributed by atoms with Crippen LogP contribution in [0.4, 0.5) is 0 Å². The molecule has 2 amide bonds. The van der Waals surface area contributed by atoms with Crippen molar-refractivity contribution >= 4 is 35.3 Å². The minimum atomic E-state index is -1.04. The zero-order valence-electron chi connectivity index (χ0n) is 36.6. The first kappa shape index (κ1) is 58.0. The number of hydrogen-bond donors (Lipinski definition) is 3. The maximum absolute atomic E-state index is 12.2. The van der Waals surface area contributed by atoms with Gasteiger partial charge in [0.05, 0.1) is 170 Å². The molecule has 0 rings (SSSR count). The molecule has 0 spiro atoms. The second-order valence-corrected chi connectivity index (χ2v) is 15.2. The zero-order valence-corrected chi connectivity index (χ0v) is 37.4. The molecule has 0 aromatic heterocycles. The van der Waals surface area contributed by atoms with Gasteiger partial charge in [0.2, 0.25) is 11.8 Å². The third-order valence-electron chi connectivity index (χ3n) is 7.54. The normalized spacial score (nSPS) is 12.0. The maximum Gasteiger partial charge on any atom is 0.305 e. The summed E-state index contributed by atoms with van der Waals surface area (Å²) in [6.45, 7) is 18.9. The van der Waals surface area contributed by atoms with Gasteiger partial charge < -0.3 is 72.6 Å². The number of amides is 2. The molecule has 0 fully saturated rings. The van der Waals surface area contributed by atoms with E-state index in [0.29, 0.717) is 172 Å². The quantitative estimate of drug-likeness (QED) is 0.0735. The lowest BCUT2D eigenvalue weighted by atomic mass is 10.1. The molecule has 19 nitrogen and oxygen atoms in total. The Morgan fingerprint density at radius 1 is 0.433 bits per heavy atom. The summed E-state index contributed by atoms with van der Waals surface area (Å²) >= 11 is 1.28. The number of hydrogen-bond acceptors (Lipinski definition) is 17. The molecule has 1 atom stereocenters. The first-order valence-electron chi connectivity index (χ1n) is 21.0. The fourth-order valence-corrected chi connectivity index (χ4v) is 5.54. The van der Waals surface area contributed by atoms with Crippen LogP contribution in [0.25, 0.3) is 0 Å². The molecule has 0 saturated carbocycles. The lowest BCUT2D eigenvalue weighted by Gasteiger charge is -2.16. The molecule has 0 aliphatic carbocycles. The number of carboxylic acid groups (broad SMARTS) is 1. The number of ether oxygens (including phenoxy) is 12. The Labute approximate surface area is 361 Å². The highest BCUT2D eigenvalue weighted by Gasteiger charge is 2.23. The van der Waals surface area contributed by atoms with E-state index in [0.717, 1.165) is 0 Å². The van der Waals surface area contributed by atoms with Gasteiger partial charge in [-0.15, -0.1) is 11.8 Å². The fourth-order valence-electron chi connectivity index (χ4n) is 4.44. The first-order valence-corrected chi connectivity index (χ1v) is 21.9. The van der Waals surface area contributed by atoms with Crippen LogP contribution in [0.3, 0.4) is 0 Å². The summed E-state index contributed by atoms with van der Waals surface area (Å²) in [6.07, 6.45) is 0.268. The molecule has 3 N–H and O–H groups in total. The lowest BCUT2D eigenvalue weighted by molar-refractivity contribution is -0.138. The summed E-state index contributed by atoms with van der Waals surface area (Å²) in [5.41, 5.74) is 0. The molecule has 60 heavy (non-hydrogen) atoms. The molecule has 0 aliphatic heterocycles. The Morgan fingerprint density at radius 2 is 0.750 bits per heavy atom. The van der Waals surface area contributed by atoms with Gasteiger partial charge in [0.25, 0.3) is 0 Å². The molecule has 0 radical (unpaired) electrons. The van der Waals surface area contributed by atoms with Crippen LogP contribution in [0.5, 0.6) is 0 Å². The van der Waals surface area contributed by atoms with Gasteiger partial charge in [-0.3, -0.25) is 19.2 Å². The predicted molar refractivity (Wildman–Crippen MR) is 224 cm³/mol. The summed E-state index contributed by atoms with van der Waals surface area (Å²) in [4.78, 5) is 46.7. The number of ketones is 1. The topological polar surface area (TPSA) is 223 Å². The van der Waals surface area contributed by atoms with Gasteiger partial charge in [-0.25, -0.2) is 0 Å². The van der Waals surface area contributed by atoms with E-state index in [-0.39, 0.29) is 48.2 Å². The molecule has 20 heteroatoms. The molecule has 1 unspecified atom stereocenters. The highest BCUT2D eigenvalue weighted by molar-refractivity contribution is 8.01. The van der Waals surface area contributed by atoms with Gasteiger partial charge in [0.15, 0.2) is 0 Å². The van der Waals surface area contributed by atoms with Crippen LogP contribution in [-0.2, 0) is 76.0 Å². The minimum absolute atomic E-state index is 0.0488. The van der Waals surface area contributed by atoms with Crippen LogP contribution >= 0.6 is 11.8 Å². The van der Waals surface area contributed by atoms with Gasteiger partial charge in [-0.1, -0.05) is 27.7 Å². The van der Waals surface area contributed by atoms with Crippen LogP contribution < -0.4 is 10.6 Å². The van der Waals surface area contributed by atoms with Gasteiger partial charge in [-0.2, -0.15) is 0 Å². The molecule has 0 aromatic carbocycles. The van der Waals surface area contributed by atoms with Crippen molar-refractivity contribution in [1.82, 2.24) is 10.6 Å². The van der Waals surface area contributed by atoms with Crippen molar-refractivity contribution in [2.75, 3.05) is 172 Å². The van der Waals surface area contributed by atoms with Crippen LogP contribution in [0.15, 0.2) is 0 Å². The monoisotopic (exact) mass is 888 g/mol. The molecule has 0 aliphatic rings. The van der Waals surface area contributed by atoms with Gasteiger partial charge in [-0.05, 0) is 5.25 Å². The van der Waals surface area contributed by atoms with Crippen molar-refractivity contribution in [2.24, 2.45) is 5.92 Å². The van der Waals surface area contributed by atoms with Crippen molar-refractivity contribution in [3.63, 3.8) is 0 Å². The average molecular weight is 889 g/mol. The number of nitrogens with one attached hydrogen (secondary N) is 2. The summed E-state index contributed by atoms with van der Waals surface area (Å²) in [5.74, 6) is -1.39. The number of carboxylic acids is 1. The Balaban J connectivity index is 3.25. The minimum Gasteiger partial charge on any atom is -0.481 e. The largest absolute Gasteiger partial charge is 0.481 e. The molecule has 0 bridgehead atoms. The van der Waals surface area contributed by atoms with E-state index in [1.54, 1.807) is 0 Å². The van der Waals surface area contributed by atoms with Gasteiger partial charge >= 0.3 is 5.97 Å². The van der Waals surface area contributed by atoms with Crippen LogP contribution in [0, 0.1) is 5.92 Å². The van der Waals surface area contributed by atoms with E-state index in [2.05, 4.69) is 10.6 Å². The van der Waals surface area contributed by atoms with Gasteiger partial charge in [0.1, 0.15) is 5.78 Å². The second kappa shape index (κ2) is 45.0. The lowest BCUT2D eigenvalue weighted by Crippen LogP contribution is -2.37. The summed E-state index contributed by atoms with van der Waals surface area (Å²) in [5, 5.41) is 13.8. The fraction of sp³-hybridized carbons (Fsp3) is 0.900. The Hall–Kier alpha value is -2.05. The van der Waals surface area contributed by atoms with E-state index in [1.807, 2.05) is 27.7 Å². The van der Waals surface area contributed by atoms with E-state index >= 15 is 0 Å². The maximum atomic E-state index is 12.2. The molecular weight excluding hydrogens is 813 g/mol. The predicted octanol–water partition coefficient (Wildman–Crippen LogP) is 1.41. The first-order chi connectivity index (χ1) is 29.1. The summed E-state index contributed by atoms with van der Waals surface area (Å²) in [6, 6.07) is 0. The van der Waals surface area contributed by atoms with Crippen LogP contribution in [0.1, 0.15) is 47.0 Å². The third-order valence-corrected chi connectivity index (χ3v) is 8.79. The highest BCUT2D eigenvalue weighted by atomic mass is 32.2. The standard InChI is InChI=1S/C40H76N2O17S/c1-34(2)36(43)6-9-48-11-13-50-15-17-52-19-21-54-23-25-56-27-29-58-31-32-59-30-28-57-26-24-55-22-20-53-18-16-51-14-12-49-10-8-41-38(44)5-7-42-40(47)37(33-39(45)46)60-35(3)4/h34-35,37H,5-33H2,1-4H3,(H,41,44)(H,42,47)(H,45,46). The number of thioether (sulfide) groups is 1. The smallest absolute Gasteiger partial charge is 0.305 e. The SMILES string of the molecule is CC(C)SC(CC(=O)O)C(=O)NCCC(=O)NCCOCCOCCOCCOCCOCCOCCOCCOCCOCCOCCOCCOCCC(=O)C(C)C. The van der Waals surface area contributed by atoms with E-state index in [4.69, 9.17) is 61.9 Å². The van der Waals surface area contributed by atoms with Crippen molar-refractivity contribution in [3.8, 4) is 0 Å². The summed E-state index contributed by atoms with van der Waals surface area (Å²) < 4.78 is 65.5. The Kier molecular flexibility index (Phi) is 43.5. The van der Waals surface area contributed by atoms with Gasteiger partial charge in [0, 0.05) is 31.8 Å². The van der Waals surface area contributed by atoms with Crippen molar-refractivity contribution in [2.45, 2.75) is 57.5 Å². The second-order valence-electron chi connectivity index (χ2n) is 13.4. The summed E-state index contributed by atoms with van der Waals surface area (Å²) in [7, 11) is 0. The number of Topliss-reactive ketones (excluding diaryl/α,β-unsaturated/α-hetero) is 1. The number of rotatable bonds is 48. The average Bonchev–Trinajstić information content (AvgIpc) is 3.20. The molecule has 354 valence electrons. The number of aliphatic carboxylic acids is 1. The molecule has 0 saturated heterocycles. The number of carbonyl (C=O) groups is 4. The highest BCUT2D eigenvalue weighted by Crippen LogP contribution is 2.20. The molecule has 0 heterocycles. The van der Waals surface area contributed by atoms with E-state index in [9.17, 15) is 19.2 Å². The van der Waals surface area contributed by atoms with Crippen molar-refractivity contribution in [1.29, 1.82) is 0 Å². The van der Waals surface area contributed by atoms with Crippen molar-refractivity contribution in [3.05, 3.63) is 0 Å². The Morgan fingerprint density at radius 3 is 1.05 bits per heavy atom. The third kappa shape index (κ3) is 44.0. The van der Waals surface area contributed by atoms with Crippen molar-refractivity contribution < 1.29 is 81.1 Å². The van der Waals surface area contributed by atoms with E-state index < -0.39 is 11.2 Å². The Bertz CT molecular complexity index is 1020. The molecular formula is C40H76N2O17S. The van der Waals surface area contributed by atoms with Crippen LogP contribution in [-0.4, -0.2) is 211 Å². The van der Waals surface area contributed by atoms with Crippen LogP contribution in [0.2, 0.25) is 0 Å².